The summed E-state index contributed by atoms with van der Waals surface area (Å²) in [6.07, 6.45) is 4.07. The van der Waals surface area contributed by atoms with Crippen molar-refractivity contribution in [1.82, 2.24) is 10.2 Å². The number of likely N-dealkylation sites (tertiary alicyclic amines) is 1. The van der Waals surface area contributed by atoms with E-state index in [-0.39, 0.29) is 14.0 Å². The first-order valence-corrected chi connectivity index (χ1v) is 8.37. The Morgan fingerprint density at radius 1 is 1.09 bits per heavy atom. The van der Waals surface area contributed by atoms with E-state index in [0.717, 1.165) is 31.8 Å². The number of hydrogen-bond acceptors (Lipinski definition) is 5. The molecule has 4 N–H and O–H groups in total. The van der Waals surface area contributed by atoms with Crippen LogP contribution < -0.4 is 5.32 Å². The molecular weight excluding hydrogens is 280 g/mol. The van der Waals surface area contributed by atoms with Crippen molar-refractivity contribution >= 4 is 0 Å². The van der Waals surface area contributed by atoms with Crippen LogP contribution in [-0.2, 0) is 0 Å². The summed E-state index contributed by atoms with van der Waals surface area (Å²) in [5, 5.41) is 30.0. The van der Waals surface area contributed by atoms with E-state index < -0.39 is 6.10 Å². The van der Waals surface area contributed by atoms with Gasteiger partial charge >= 0.3 is 0 Å². The predicted octanol–water partition coefficient (Wildman–Crippen LogP) is 0.932. The highest BCUT2D eigenvalue weighted by atomic mass is 16.3. The van der Waals surface area contributed by atoms with Gasteiger partial charge in [-0.1, -0.05) is 14.4 Å². The fraction of sp³-hybridized carbons (Fsp3) is 1.00. The van der Waals surface area contributed by atoms with Gasteiger partial charge in [-0.05, 0) is 70.1 Å². The lowest BCUT2D eigenvalue weighted by molar-refractivity contribution is 0.0352. The minimum Gasteiger partial charge on any atom is -0.396 e. The quantitative estimate of drug-likeness (QED) is 0.620. The molecule has 2 unspecified atom stereocenters. The molecule has 0 spiro atoms. The van der Waals surface area contributed by atoms with Crippen LogP contribution in [0.2, 0.25) is 0 Å². The Morgan fingerprint density at radius 3 is 2.23 bits per heavy atom. The van der Waals surface area contributed by atoms with Crippen molar-refractivity contribution in [1.29, 1.82) is 0 Å². The maximum atomic E-state index is 9.20. The smallest absolute Gasteiger partial charge is 0.0799 e. The van der Waals surface area contributed by atoms with Gasteiger partial charge in [0.2, 0.25) is 0 Å². The SMILES string of the molecule is C.CC(CO)C1CCCN(C)C1.OC[C@@H](O)C1CCNCC1. The van der Waals surface area contributed by atoms with Gasteiger partial charge in [0.1, 0.15) is 0 Å². The Balaban J connectivity index is 0.000000385. The molecule has 2 aliphatic heterocycles. The average Bonchev–Trinajstić information content (AvgIpc) is 2.54. The van der Waals surface area contributed by atoms with Crippen LogP contribution in [0, 0.1) is 17.8 Å². The summed E-state index contributed by atoms with van der Waals surface area (Å²) in [4.78, 5) is 2.36. The number of hydrogen-bond donors (Lipinski definition) is 4. The first-order valence-electron chi connectivity index (χ1n) is 8.37. The van der Waals surface area contributed by atoms with Crippen LogP contribution in [0.4, 0.5) is 0 Å². The van der Waals surface area contributed by atoms with Crippen molar-refractivity contribution in [2.45, 2.75) is 46.1 Å². The molecule has 22 heavy (non-hydrogen) atoms. The fourth-order valence-corrected chi connectivity index (χ4v) is 3.20. The molecule has 2 rings (SSSR count). The number of nitrogens with zero attached hydrogens (tertiary/aromatic N) is 1. The number of piperidine rings is 2. The topological polar surface area (TPSA) is 76.0 Å². The van der Waals surface area contributed by atoms with Gasteiger partial charge in [-0.15, -0.1) is 0 Å². The second-order valence-corrected chi connectivity index (χ2v) is 6.66. The molecule has 0 aromatic carbocycles. The van der Waals surface area contributed by atoms with E-state index in [1.807, 2.05) is 0 Å². The molecule has 5 heteroatoms. The molecule has 2 saturated heterocycles. The maximum Gasteiger partial charge on any atom is 0.0799 e. The zero-order valence-corrected chi connectivity index (χ0v) is 13.7. The molecule has 3 atom stereocenters. The van der Waals surface area contributed by atoms with Gasteiger partial charge in [-0.2, -0.15) is 0 Å². The Bertz CT molecular complexity index is 260. The first-order chi connectivity index (χ1) is 10.1. The minimum absolute atomic E-state index is 0. The molecule has 2 fully saturated rings. The molecule has 0 radical (unpaired) electrons. The van der Waals surface area contributed by atoms with Crippen LogP contribution in [0.15, 0.2) is 0 Å². The van der Waals surface area contributed by atoms with Gasteiger partial charge in [0.25, 0.3) is 0 Å². The van der Waals surface area contributed by atoms with E-state index in [1.54, 1.807) is 0 Å². The van der Waals surface area contributed by atoms with Crippen LogP contribution in [0.25, 0.3) is 0 Å². The number of aliphatic hydroxyl groups is 3. The third kappa shape index (κ3) is 7.88. The summed E-state index contributed by atoms with van der Waals surface area (Å²) in [6, 6.07) is 0. The Labute approximate surface area is 136 Å². The Morgan fingerprint density at radius 2 is 1.73 bits per heavy atom. The van der Waals surface area contributed by atoms with Crippen LogP contribution in [0.3, 0.4) is 0 Å². The normalized spacial score (nSPS) is 26.3. The Kier molecular flexibility index (Phi) is 12.1. The Hall–Kier alpha value is -0.200. The molecule has 0 aromatic rings. The predicted molar refractivity (Wildman–Crippen MR) is 91.9 cm³/mol. The molecule has 2 aliphatic rings. The van der Waals surface area contributed by atoms with Crippen molar-refractivity contribution < 1.29 is 15.3 Å². The van der Waals surface area contributed by atoms with Crippen LogP contribution in [0.5, 0.6) is 0 Å². The van der Waals surface area contributed by atoms with E-state index in [2.05, 4.69) is 24.2 Å². The molecule has 0 saturated carbocycles. The van der Waals surface area contributed by atoms with Crippen LogP contribution in [-0.4, -0.2) is 72.8 Å². The molecule has 5 nitrogen and oxygen atoms in total. The summed E-state index contributed by atoms with van der Waals surface area (Å²) in [7, 11) is 2.16. The number of rotatable bonds is 4. The number of nitrogens with one attached hydrogen (secondary N) is 1. The lowest BCUT2D eigenvalue weighted by atomic mass is 9.87. The summed E-state index contributed by atoms with van der Waals surface area (Å²) < 4.78 is 0. The van der Waals surface area contributed by atoms with Gasteiger partial charge < -0.3 is 25.5 Å². The van der Waals surface area contributed by atoms with Gasteiger partial charge in [0, 0.05) is 13.2 Å². The average molecular weight is 319 g/mol. The third-order valence-electron chi connectivity index (χ3n) is 4.87. The highest BCUT2D eigenvalue weighted by Gasteiger charge is 2.22. The largest absolute Gasteiger partial charge is 0.396 e. The zero-order chi connectivity index (χ0) is 15.7. The van der Waals surface area contributed by atoms with Gasteiger partial charge in [0.15, 0.2) is 0 Å². The third-order valence-corrected chi connectivity index (χ3v) is 4.87. The monoisotopic (exact) mass is 318 g/mol. The standard InChI is InChI=1S/C9H19NO.C7H15NO2.CH4/c1-8(7-11)9-4-3-5-10(2)6-9;9-5-7(10)6-1-3-8-4-2-6;/h8-9,11H,3-7H2,1-2H3;6-10H,1-5H2;1H4/t;7-;/m.1./s1. The van der Waals surface area contributed by atoms with Crippen molar-refractivity contribution in [3.8, 4) is 0 Å². The van der Waals surface area contributed by atoms with E-state index >= 15 is 0 Å². The number of aliphatic hydroxyl groups excluding tert-OH is 3. The van der Waals surface area contributed by atoms with E-state index in [9.17, 15) is 5.11 Å². The highest BCUT2D eigenvalue weighted by Crippen LogP contribution is 2.22. The molecule has 0 bridgehead atoms. The summed E-state index contributed by atoms with van der Waals surface area (Å²) >= 11 is 0. The second-order valence-electron chi connectivity index (χ2n) is 6.66. The maximum absolute atomic E-state index is 9.20. The van der Waals surface area contributed by atoms with Crippen molar-refractivity contribution in [3.05, 3.63) is 0 Å². The molecular formula is C17H38N2O3. The van der Waals surface area contributed by atoms with Crippen molar-refractivity contribution in [2.24, 2.45) is 17.8 Å². The zero-order valence-electron chi connectivity index (χ0n) is 13.7. The van der Waals surface area contributed by atoms with E-state index in [0.29, 0.717) is 18.4 Å². The van der Waals surface area contributed by atoms with Gasteiger partial charge in [0.05, 0.1) is 12.7 Å². The van der Waals surface area contributed by atoms with Gasteiger partial charge in [-0.25, -0.2) is 0 Å². The van der Waals surface area contributed by atoms with E-state index in [4.69, 9.17) is 10.2 Å². The molecule has 0 amide bonds. The molecule has 2 heterocycles. The molecule has 134 valence electrons. The highest BCUT2D eigenvalue weighted by molar-refractivity contribution is 4.75. The fourth-order valence-electron chi connectivity index (χ4n) is 3.20. The summed E-state index contributed by atoms with van der Waals surface area (Å²) in [5.41, 5.74) is 0. The van der Waals surface area contributed by atoms with Crippen LogP contribution in [0.1, 0.15) is 40.0 Å². The van der Waals surface area contributed by atoms with Gasteiger partial charge in [-0.3, -0.25) is 0 Å². The minimum atomic E-state index is -0.498. The van der Waals surface area contributed by atoms with Crippen molar-refractivity contribution in [2.75, 3.05) is 46.4 Å². The first kappa shape index (κ1) is 21.8. The van der Waals surface area contributed by atoms with Crippen molar-refractivity contribution in [3.63, 3.8) is 0 Å². The van der Waals surface area contributed by atoms with E-state index in [1.165, 1.54) is 25.9 Å². The lowest BCUT2D eigenvalue weighted by Gasteiger charge is -2.32. The second kappa shape index (κ2) is 12.3. The molecule has 0 aromatic heterocycles. The summed E-state index contributed by atoms with van der Waals surface area (Å²) in [6.45, 7) is 6.74. The lowest BCUT2D eigenvalue weighted by Crippen LogP contribution is -2.35. The molecule has 0 aliphatic carbocycles. The summed E-state index contributed by atoms with van der Waals surface area (Å²) in [5.74, 6) is 1.52. The van der Waals surface area contributed by atoms with Crippen LogP contribution >= 0.6 is 0 Å².